The molecule has 6 heteroatoms. The molecule has 35 heavy (non-hydrogen) atoms. The first kappa shape index (κ1) is 26.5. The number of hydrogen-bond donors (Lipinski definition) is 1. The normalized spacial score (nSPS) is 39.4. The molecular weight excluding hydrogens is 438 g/mol. The molecule has 1 N–H and O–H groups in total. The Hall–Kier alpha value is -1.59. The third-order valence-electron chi connectivity index (χ3n) is 10.4. The third kappa shape index (κ3) is 4.31. The second-order valence-corrected chi connectivity index (χ2v) is 14.7. The second kappa shape index (κ2) is 8.48. The minimum absolute atomic E-state index is 0.00518. The van der Waals surface area contributed by atoms with Gasteiger partial charge in [0.2, 0.25) is 11.8 Å². The van der Waals surface area contributed by atoms with Crippen LogP contribution in [0.15, 0.2) is 0 Å². The van der Waals surface area contributed by atoms with Gasteiger partial charge >= 0.3 is 6.03 Å². The number of imide groups is 1. The van der Waals surface area contributed by atoms with Crippen LogP contribution in [0.2, 0.25) is 0 Å². The van der Waals surface area contributed by atoms with Gasteiger partial charge in [-0.15, -0.1) is 0 Å². The summed E-state index contributed by atoms with van der Waals surface area (Å²) in [6.45, 7) is 16.5. The molecule has 4 amide bonds. The molecule has 4 unspecified atom stereocenters. The number of likely N-dealkylation sites (tertiary alicyclic amines) is 1. The van der Waals surface area contributed by atoms with E-state index in [1.807, 2.05) is 53.5 Å². The van der Waals surface area contributed by atoms with E-state index in [0.717, 1.165) is 44.9 Å². The lowest BCUT2D eigenvalue weighted by Crippen LogP contribution is -2.62. The molecule has 6 nitrogen and oxygen atoms in total. The standard InChI is InChI=1S/C29H49N3O3/c1-26(2,3)30-25(35)32(27(4,5)6)24(34)21-12-11-19-18-10-13-22-29(8,17-15-23(33)31(22)9)20(18)14-16-28(19,21)7/h18-22H,10-17H2,1-9H3,(H,30,35)/t18?,19?,20?,21-,22?,28+,29-/m1/s1. The van der Waals surface area contributed by atoms with Crippen molar-refractivity contribution >= 4 is 17.8 Å². The Kier molecular flexibility index (Phi) is 6.41. The van der Waals surface area contributed by atoms with E-state index in [1.165, 1.54) is 4.90 Å². The largest absolute Gasteiger partial charge is 0.342 e. The predicted molar refractivity (Wildman–Crippen MR) is 139 cm³/mol. The van der Waals surface area contributed by atoms with E-state index >= 15 is 0 Å². The molecule has 0 radical (unpaired) electrons. The SMILES string of the molecule is CN1C(=O)CC[C@]2(C)C3CC[C@@]4(C)C(CC[C@@H]4C(=O)N(C(=O)NC(C)(C)C)C(C)(C)C)C3CCC12. The van der Waals surface area contributed by atoms with E-state index in [2.05, 4.69) is 19.2 Å². The van der Waals surface area contributed by atoms with Crippen molar-refractivity contribution in [3.63, 3.8) is 0 Å². The third-order valence-corrected chi connectivity index (χ3v) is 10.4. The summed E-state index contributed by atoms with van der Waals surface area (Å²) >= 11 is 0. The molecule has 7 atom stereocenters. The molecule has 1 saturated heterocycles. The average Bonchev–Trinajstić information content (AvgIpc) is 3.06. The number of carbonyl (C=O) groups is 3. The zero-order valence-corrected chi connectivity index (χ0v) is 23.7. The molecule has 0 aromatic rings. The van der Waals surface area contributed by atoms with Gasteiger partial charge < -0.3 is 10.2 Å². The first-order chi connectivity index (χ1) is 16.0. The lowest BCUT2D eigenvalue weighted by atomic mass is 9.47. The van der Waals surface area contributed by atoms with Crippen molar-refractivity contribution in [1.29, 1.82) is 0 Å². The number of amides is 4. The lowest BCUT2D eigenvalue weighted by Gasteiger charge is -2.61. The Labute approximate surface area is 212 Å². The van der Waals surface area contributed by atoms with E-state index in [0.29, 0.717) is 36.1 Å². The van der Waals surface area contributed by atoms with Gasteiger partial charge in [-0.05, 0) is 115 Å². The number of piperidine rings is 1. The van der Waals surface area contributed by atoms with Crippen LogP contribution in [0.5, 0.6) is 0 Å². The van der Waals surface area contributed by atoms with Crippen LogP contribution in [0.3, 0.4) is 0 Å². The van der Waals surface area contributed by atoms with Gasteiger partial charge in [0, 0.05) is 36.5 Å². The molecule has 0 spiro atoms. The Balaban J connectivity index is 1.59. The second-order valence-electron chi connectivity index (χ2n) is 14.7. The molecule has 3 aliphatic carbocycles. The van der Waals surface area contributed by atoms with Crippen molar-refractivity contribution in [1.82, 2.24) is 15.1 Å². The highest BCUT2D eigenvalue weighted by Gasteiger charge is 2.62. The fraction of sp³-hybridized carbons (Fsp3) is 0.897. The van der Waals surface area contributed by atoms with Crippen molar-refractivity contribution in [2.45, 2.75) is 124 Å². The molecule has 1 aliphatic heterocycles. The minimum atomic E-state index is -0.581. The Morgan fingerprint density at radius 1 is 0.914 bits per heavy atom. The van der Waals surface area contributed by atoms with Crippen molar-refractivity contribution < 1.29 is 14.4 Å². The Bertz CT molecular complexity index is 887. The van der Waals surface area contributed by atoms with E-state index in [-0.39, 0.29) is 28.7 Å². The number of nitrogens with one attached hydrogen (secondary N) is 1. The first-order valence-electron chi connectivity index (χ1n) is 13.9. The summed E-state index contributed by atoms with van der Waals surface area (Å²) in [5.41, 5.74) is -0.866. The maximum absolute atomic E-state index is 14.1. The van der Waals surface area contributed by atoms with Crippen LogP contribution in [0.25, 0.3) is 0 Å². The van der Waals surface area contributed by atoms with Gasteiger partial charge in [0.1, 0.15) is 0 Å². The molecule has 0 aromatic carbocycles. The lowest BCUT2D eigenvalue weighted by molar-refractivity contribution is -0.161. The maximum Gasteiger partial charge on any atom is 0.324 e. The predicted octanol–water partition coefficient (Wildman–Crippen LogP) is 5.60. The van der Waals surface area contributed by atoms with E-state index in [1.54, 1.807) is 0 Å². The van der Waals surface area contributed by atoms with Gasteiger partial charge in [-0.2, -0.15) is 0 Å². The first-order valence-corrected chi connectivity index (χ1v) is 13.9. The molecule has 0 bridgehead atoms. The zero-order valence-electron chi connectivity index (χ0n) is 23.7. The number of urea groups is 1. The summed E-state index contributed by atoms with van der Waals surface area (Å²) in [6.07, 6.45) is 8.00. The van der Waals surface area contributed by atoms with Crippen LogP contribution in [0.4, 0.5) is 4.79 Å². The summed E-state index contributed by atoms with van der Waals surface area (Å²) in [6, 6.07) is 0.0735. The van der Waals surface area contributed by atoms with Crippen molar-refractivity contribution in [3.8, 4) is 0 Å². The summed E-state index contributed by atoms with van der Waals surface area (Å²) in [5, 5.41) is 3.04. The minimum Gasteiger partial charge on any atom is -0.342 e. The Morgan fingerprint density at radius 3 is 2.14 bits per heavy atom. The van der Waals surface area contributed by atoms with E-state index < -0.39 is 11.1 Å². The van der Waals surface area contributed by atoms with Crippen molar-refractivity contribution in [2.24, 2.45) is 34.5 Å². The molecule has 4 aliphatic rings. The van der Waals surface area contributed by atoms with Crippen LogP contribution in [-0.4, -0.2) is 51.8 Å². The molecule has 0 aromatic heterocycles. The van der Waals surface area contributed by atoms with Gasteiger partial charge in [0.15, 0.2) is 0 Å². The van der Waals surface area contributed by atoms with Crippen LogP contribution in [0.1, 0.15) is 107 Å². The summed E-state index contributed by atoms with van der Waals surface area (Å²) in [5.74, 6) is 1.94. The van der Waals surface area contributed by atoms with Gasteiger partial charge in [0.05, 0.1) is 0 Å². The highest BCUT2D eigenvalue weighted by atomic mass is 16.2. The summed E-state index contributed by atoms with van der Waals surface area (Å²) in [7, 11) is 2.01. The molecule has 4 rings (SSSR count). The van der Waals surface area contributed by atoms with Gasteiger partial charge in [-0.3, -0.25) is 14.5 Å². The summed E-state index contributed by atoms with van der Waals surface area (Å²) < 4.78 is 0. The van der Waals surface area contributed by atoms with Crippen LogP contribution < -0.4 is 5.32 Å². The highest BCUT2D eigenvalue weighted by Crippen LogP contribution is 2.66. The maximum atomic E-state index is 14.1. The zero-order chi connectivity index (χ0) is 26.1. The number of rotatable bonds is 1. The quantitative estimate of drug-likeness (QED) is 0.523. The van der Waals surface area contributed by atoms with Crippen molar-refractivity contribution in [2.75, 3.05) is 7.05 Å². The molecule has 3 saturated carbocycles. The fourth-order valence-corrected chi connectivity index (χ4v) is 8.82. The highest BCUT2D eigenvalue weighted by molar-refractivity contribution is 5.97. The van der Waals surface area contributed by atoms with Gasteiger partial charge in [-0.25, -0.2) is 4.79 Å². The van der Waals surface area contributed by atoms with Gasteiger partial charge in [0.25, 0.3) is 0 Å². The monoisotopic (exact) mass is 487 g/mol. The number of nitrogens with zero attached hydrogens (tertiary/aromatic N) is 2. The number of hydrogen-bond acceptors (Lipinski definition) is 3. The van der Waals surface area contributed by atoms with Crippen LogP contribution in [-0.2, 0) is 9.59 Å². The van der Waals surface area contributed by atoms with Crippen LogP contribution in [0, 0.1) is 34.5 Å². The van der Waals surface area contributed by atoms with E-state index in [9.17, 15) is 14.4 Å². The molecule has 1 heterocycles. The number of fused-ring (bicyclic) bond motifs is 5. The van der Waals surface area contributed by atoms with Gasteiger partial charge in [-0.1, -0.05) is 13.8 Å². The number of carbonyl (C=O) groups excluding carboxylic acids is 3. The molecular formula is C29H49N3O3. The molecule has 4 fully saturated rings. The van der Waals surface area contributed by atoms with E-state index in [4.69, 9.17) is 0 Å². The topological polar surface area (TPSA) is 69.7 Å². The fourth-order valence-electron chi connectivity index (χ4n) is 8.82. The smallest absolute Gasteiger partial charge is 0.324 e. The molecule has 198 valence electrons. The van der Waals surface area contributed by atoms with Crippen LogP contribution >= 0.6 is 0 Å². The Morgan fingerprint density at radius 2 is 1.54 bits per heavy atom. The average molecular weight is 488 g/mol. The van der Waals surface area contributed by atoms with Crippen molar-refractivity contribution in [3.05, 3.63) is 0 Å². The summed E-state index contributed by atoms with van der Waals surface area (Å²) in [4.78, 5) is 43.4.